The summed E-state index contributed by atoms with van der Waals surface area (Å²) in [5.41, 5.74) is 3.59. The molecule has 0 fully saturated rings. The molecule has 100 valence electrons. The van der Waals surface area contributed by atoms with Crippen LogP contribution in [-0.2, 0) is 6.54 Å². The molecule has 3 heteroatoms. The van der Waals surface area contributed by atoms with Crippen LogP contribution in [-0.4, -0.2) is 0 Å². The van der Waals surface area contributed by atoms with E-state index in [1.165, 1.54) is 17.2 Å². The van der Waals surface area contributed by atoms with Crippen molar-refractivity contribution in [1.82, 2.24) is 5.32 Å². The van der Waals surface area contributed by atoms with Gasteiger partial charge < -0.3 is 5.32 Å². The molecular formula is C16H17BrFN. The van der Waals surface area contributed by atoms with Crippen molar-refractivity contribution in [3.63, 3.8) is 0 Å². The van der Waals surface area contributed by atoms with Gasteiger partial charge in [0.2, 0.25) is 0 Å². The number of hydrogen-bond acceptors (Lipinski definition) is 1. The maximum Gasteiger partial charge on any atom is 0.137 e. The average molecular weight is 322 g/mol. The highest BCUT2D eigenvalue weighted by atomic mass is 79.9. The molecule has 0 amide bonds. The number of benzene rings is 2. The fraction of sp³-hybridized carbons (Fsp3) is 0.250. The number of rotatable bonds is 4. The van der Waals surface area contributed by atoms with Gasteiger partial charge in [0.25, 0.3) is 0 Å². The zero-order chi connectivity index (χ0) is 13.8. The van der Waals surface area contributed by atoms with Gasteiger partial charge in [0.1, 0.15) is 5.82 Å². The van der Waals surface area contributed by atoms with Crippen LogP contribution < -0.4 is 5.32 Å². The Morgan fingerprint density at radius 1 is 1.21 bits per heavy atom. The Hall–Kier alpha value is -1.19. The van der Waals surface area contributed by atoms with E-state index in [2.05, 4.69) is 59.4 Å². The van der Waals surface area contributed by atoms with Crippen LogP contribution in [0, 0.1) is 12.7 Å². The van der Waals surface area contributed by atoms with E-state index in [0.717, 1.165) is 5.56 Å². The molecule has 0 aliphatic heterocycles. The zero-order valence-electron chi connectivity index (χ0n) is 11.1. The van der Waals surface area contributed by atoms with Gasteiger partial charge in [0.15, 0.2) is 0 Å². The normalized spacial score (nSPS) is 12.4. The van der Waals surface area contributed by atoms with Crippen molar-refractivity contribution in [2.45, 2.75) is 26.4 Å². The number of aryl methyl sites for hydroxylation is 1. The van der Waals surface area contributed by atoms with Crippen molar-refractivity contribution in [2.75, 3.05) is 0 Å². The van der Waals surface area contributed by atoms with E-state index in [0.29, 0.717) is 11.0 Å². The second kappa shape index (κ2) is 6.31. The number of halogens is 2. The van der Waals surface area contributed by atoms with Crippen LogP contribution in [0.2, 0.25) is 0 Å². The van der Waals surface area contributed by atoms with Gasteiger partial charge in [-0.15, -0.1) is 0 Å². The molecule has 0 aliphatic rings. The van der Waals surface area contributed by atoms with Gasteiger partial charge in [-0.25, -0.2) is 4.39 Å². The highest BCUT2D eigenvalue weighted by molar-refractivity contribution is 9.10. The first-order valence-corrected chi connectivity index (χ1v) is 7.09. The molecule has 0 aromatic heterocycles. The largest absolute Gasteiger partial charge is 0.306 e. The summed E-state index contributed by atoms with van der Waals surface area (Å²) in [4.78, 5) is 0. The van der Waals surface area contributed by atoms with E-state index in [-0.39, 0.29) is 11.9 Å². The molecule has 19 heavy (non-hydrogen) atoms. The highest BCUT2D eigenvalue weighted by Crippen LogP contribution is 2.18. The van der Waals surface area contributed by atoms with Crippen LogP contribution in [0.5, 0.6) is 0 Å². The molecular weight excluding hydrogens is 305 g/mol. The Kier molecular flexibility index (Phi) is 4.72. The molecule has 1 atom stereocenters. The van der Waals surface area contributed by atoms with Crippen LogP contribution in [0.1, 0.15) is 29.7 Å². The lowest BCUT2D eigenvalue weighted by Gasteiger charge is -2.15. The summed E-state index contributed by atoms with van der Waals surface area (Å²) in [6, 6.07) is 13.8. The minimum atomic E-state index is -0.226. The first kappa shape index (κ1) is 14.2. The number of nitrogens with one attached hydrogen (secondary N) is 1. The first-order chi connectivity index (χ1) is 9.06. The Morgan fingerprint density at radius 2 is 2.00 bits per heavy atom. The predicted octanol–water partition coefficient (Wildman–Crippen LogP) is 4.75. The number of hydrogen-bond donors (Lipinski definition) is 1. The maximum absolute atomic E-state index is 13.1. The SMILES string of the molecule is Cc1cccc([C@@H](C)NCc2ccc(F)c(Br)c2)c1. The monoisotopic (exact) mass is 321 g/mol. The summed E-state index contributed by atoms with van der Waals surface area (Å²) in [5.74, 6) is -0.226. The molecule has 0 unspecified atom stereocenters. The molecule has 0 radical (unpaired) electrons. The smallest absolute Gasteiger partial charge is 0.137 e. The van der Waals surface area contributed by atoms with Gasteiger partial charge in [-0.2, -0.15) is 0 Å². The molecule has 1 N–H and O–H groups in total. The molecule has 2 aromatic carbocycles. The molecule has 0 aliphatic carbocycles. The van der Waals surface area contributed by atoms with Crippen molar-refractivity contribution in [3.05, 3.63) is 69.4 Å². The predicted molar refractivity (Wildman–Crippen MR) is 80.5 cm³/mol. The summed E-state index contributed by atoms with van der Waals surface area (Å²) in [5, 5.41) is 3.45. The average Bonchev–Trinajstić information content (AvgIpc) is 2.40. The third kappa shape index (κ3) is 3.88. The van der Waals surface area contributed by atoms with E-state index in [1.54, 1.807) is 6.07 Å². The maximum atomic E-state index is 13.1. The van der Waals surface area contributed by atoms with Gasteiger partial charge in [-0.1, -0.05) is 35.9 Å². The van der Waals surface area contributed by atoms with E-state index >= 15 is 0 Å². The van der Waals surface area contributed by atoms with E-state index in [9.17, 15) is 4.39 Å². The molecule has 2 aromatic rings. The van der Waals surface area contributed by atoms with Gasteiger partial charge in [0, 0.05) is 12.6 Å². The third-order valence-corrected chi connectivity index (χ3v) is 3.75. The van der Waals surface area contributed by atoms with Gasteiger partial charge >= 0.3 is 0 Å². The minimum absolute atomic E-state index is 0.226. The Morgan fingerprint density at radius 3 is 2.68 bits per heavy atom. The van der Waals surface area contributed by atoms with Crippen LogP contribution in [0.3, 0.4) is 0 Å². The lowest BCUT2D eigenvalue weighted by atomic mass is 10.1. The molecule has 0 saturated heterocycles. The molecule has 1 nitrogen and oxygen atoms in total. The summed E-state index contributed by atoms with van der Waals surface area (Å²) >= 11 is 3.20. The Balaban J connectivity index is 2.00. The summed E-state index contributed by atoms with van der Waals surface area (Å²) in [6.45, 7) is 4.94. The minimum Gasteiger partial charge on any atom is -0.306 e. The Labute approximate surface area is 122 Å². The second-order valence-corrected chi connectivity index (χ2v) is 5.62. The van der Waals surface area contributed by atoms with Gasteiger partial charge in [-0.3, -0.25) is 0 Å². The van der Waals surface area contributed by atoms with Gasteiger partial charge in [-0.05, 0) is 53.0 Å². The van der Waals surface area contributed by atoms with Crippen LogP contribution >= 0.6 is 15.9 Å². The topological polar surface area (TPSA) is 12.0 Å². The van der Waals surface area contributed by atoms with Crippen LogP contribution in [0.15, 0.2) is 46.9 Å². The quantitative estimate of drug-likeness (QED) is 0.857. The van der Waals surface area contributed by atoms with E-state index in [4.69, 9.17) is 0 Å². The summed E-state index contributed by atoms with van der Waals surface area (Å²) in [6.07, 6.45) is 0. The van der Waals surface area contributed by atoms with Crippen molar-refractivity contribution in [2.24, 2.45) is 0 Å². The second-order valence-electron chi connectivity index (χ2n) is 4.77. The van der Waals surface area contributed by atoms with Crippen molar-refractivity contribution in [3.8, 4) is 0 Å². The van der Waals surface area contributed by atoms with E-state index < -0.39 is 0 Å². The molecule has 0 bridgehead atoms. The van der Waals surface area contributed by atoms with Crippen molar-refractivity contribution < 1.29 is 4.39 Å². The summed E-state index contributed by atoms with van der Waals surface area (Å²) in [7, 11) is 0. The third-order valence-electron chi connectivity index (χ3n) is 3.14. The van der Waals surface area contributed by atoms with Crippen molar-refractivity contribution >= 4 is 15.9 Å². The molecule has 0 spiro atoms. The van der Waals surface area contributed by atoms with Crippen LogP contribution in [0.25, 0.3) is 0 Å². The van der Waals surface area contributed by atoms with Crippen molar-refractivity contribution in [1.29, 1.82) is 0 Å². The standard InChI is InChI=1S/C16H17BrFN/c1-11-4-3-5-14(8-11)12(2)19-10-13-6-7-16(18)15(17)9-13/h3-9,12,19H,10H2,1-2H3/t12-/m1/s1. The first-order valence-electron chi connectivity index (χ1n) is 6.30. The zero-order valence-corrected chi connectivity index (χ0v) is 12.7. The summed E-state index contributed by atoms with van der Waals surface area (Å²) < 4.78 is 13.6. The molecule has 0 heterocycles. The molecule has 2 rings (SSSR count). The van der Waals surface area contributed by atoms with E-state index in [1.807, 2.05) is 6.07 Å². The fourth-order valence-corrected chi connectivity index (χ4v) is 2.40. The lowest BCUT2D eigenvalue weighted by molar-refractivity contribution is 0.572. The fourth-order valence-electron chi connectivity index (χ4n) is 1.98. The highest BCUT2D eigenvalue weighted by Gasteiger charge is 2.06. The van der Waals surface area contributed by atoms with Crippen LogP contribution in [0.4, 0.5) is 4.39 Å². The van der Waals surface area contributed by atoms with Gasteiger partial charge in [0.05, 0.1) is 4.47 Å². The Bertz CT molecular complexity index is 568. The molecule has 0 saturated carbocycles. The lowest BCUT2D eigenvalue weighted by Crippen LogP contribution is -2.18.